The molecule has 0 radical (unpaired) electrons. The standard InChI is InChI=1S/C32H34F4N8O2S/c1-32(13-43(2)9-8-19(32)27(35)36)14-46-31-41-25-22(29(42-31)44-11-15-4-5-16(12-44)39-15)30(45-3)40-24(23(25)34)17-6-7-20(33)26-21(17)18(10-37)28(38)47-26/h6-7,15-16,19,27,39H,4-5,8-9,11-14,38H2,1-3H3/t15-,16+,19-,32+/m1/s1. The van der Waals surface area contributed by atoms with E-state index in [9.17, 15) is 18.4 Å². The summed E-state index contributed by atoms with van der Waals surface area (Å²) in [4.78, 5) is 17.8. The predicted octanol–water partition coefficient (Wildman–Crippen LogP) is 5.19. The molecule has 47 heavy (non-hydrogen) atoms. The average molecular weight is 671 g/mol. The maximum absolute atomic E-state index is 16.9. The Kier molecular flexibility index (Phi) is 8.00. The van der Waals surface area contributed by atoms with E-state index >= 15 is 4.39 Å². The number of nitrogens with zero attached hydrogens (tertiary/aromatic N) is 6. The minimum Gasteiger partial charge on any atom is -0.480 e. The van der Waals surface area contributed by atoms with Gasteiger partial charge in [0, 0.05) is 54.0 Å². The second kappa shape index (κ2) is 11.9. The van der Waals surface area contributed by atoms with Crippen LogP contribution >= 0.6 is 11.3 Å². The highest BCUT2D eigenvalue weighted by Crippen LogP contribution is 2.45. The molecule has 6 heterocycles. The third-order valence-electron chi connectivity index (χ3n) is 9.79. The molecule has 0 saturated carbocycles. The van der Waals surface area contributed by atoms with Crippen molar-refractivity contribution in [3.8, 4) is 29.2 Å². The molecular weight excluding hydrogens is 636 g/mol. The zero-order valence-electron chi connectivity index (χ0n) is 26.1. The van der Waals surface area contributed by atoms with E-state index < -0.39 is 29.4 Å². The van der Waals surface area contributed by atoms with E-state index in [1.807, 2.05) is 22.9 Å². The summed E-state index contributed by atoms with van der Waals surface area (Å²) in [5.41, 5.74) is 4.91. The Morgan fingerprint density at radius 1 is 1.15 bits per heavy atom. The van der Waals surface area contributed by atoms with E-state index in [1.54, 1.807) is 6.92 Å². The fraction of sp³-hybridized carbons (Fsp3) is 0.500. The maximum atomic E-state index is 16.9. The molecule has 3 N–H and O–H groups in total. The first-order valence-electron chi connectivity index (χ1n) is 15.5. The zero-order valence-corrected chi connectivity index (χ0v) is 26.9. The van der Waals surface area contributed by atoms with Crippen molar-refractivity contribution in [3.63, 3.8) is 0 Å². The lowest BCUT2D eigenvalue weighted by Gasteiger charge is -2.44. The number of alkyl halides is 2. The zero-order chi connectivity index (χ0) is 33.2. The molecule has 0 spiro atoms. The van der Waals surface area contributed by atoms with Crippen LogP contribution in [0, 0.1) is 34.3 Å². The summed E-state index contributed by atoms with van der Waals surface area (Å²) in [5, 5.41) is 13.9. The fourth-order valence-corrected chi connectivity index (χ4v) is 8.47. The number of nitrogens with two attached hydrogens (primary N) is 1. The Morgan fingerprint density at radius 3 is 2.57 bits per heavy atom. The van der Waals surface area contributed by atoms with E-state index in [1.165, 1.54) is 19.2 Å². The molecule has 1 aromatic carbocycles. The van der Waals surface area contributed by atoms with Crippen molar-refractivity contribution in [3.05, 3.63) is 29.3 Å². The monoisotopic (exact) mass is 670 g/mol. The van der Waals surface area contributed by atoms with Gasteiger partial charge in [-0.3, -0.25) is 0 Å². The normalized spacial score (nSPS) is 24.7. The van der Waals surface area contributed by atoms with Crippen LogP contribution in [0.15, 0.2) is 12.1 Å². The Balaban J connectivity index is 1.41. The number of piperidine rings is 1. The highest BCUT2D eigenvalue weighted by atomic mass is 32.1. The third kappa shape index (κ3) is 5.36. The number of halogens is 4. The van der Waals surface area contributed by atoms with E-state index in [0.29, 0.717) is 38.4 Å². The van der Waals surface area contributed by atoms with E-state index in [4.69, 9.17) is 20.2 Å². The first-order valence-corrected chi connectivity index (χ1v) is 16.3. The van der Waals surface area contributed by atoms with Gasteiger partial charge in [-0.1, -0.05) is 6.92 Å². The van der Waals surface area contributed by atoms with Crippen molar-refractivity contribution in [2.24, 2.45) is 11.3 Å². The maximum Gasteiger partial charge on any atom is 0.319 e. The fourth-order valence-electron chi connectivity index (χ4n) is 7.52. The molecule has 0 amide bonds. The topological polar surface area (TPSA) is 125 Å². The van der Waals surface area contributed by atoms with Gasteiger partial charge in [0.1, 0.15) is 39.3 Å². The van der Waals surface area contributed by atoms with Gasteiger partial charge < -0.3 is 30.3 Å². The molecule has 3 fully saturated rings. The summed E-state index contributed by atoms with van der Waals surface area (Å²) < 4.78 is 72.0. The molecule has 4 atom stereocenters. The molecule has 7 rings (SSSR count). The highest BCUT2D eigenvalue weighted by molar-refractivity contribution is 7.23. The number of fused-ring (bicyclic) bond motifs is 4. The predicted molar refractivity (Wildman–Crippen MR) is 171 cm³/mol. The Labute approximate surface area is 272 Å². The van der Waals surface area contributed by atoms with E-state index in [2.05, 4.69) is 15.3 Å². The number of anilines is 2. The molecule has 4 aromatic rings. The number of rotatable bonds is 7. The summed E-state index contributed by atoms with van der Waals surface area (Å²) in [5.74, 6) is -1.98. The van der Waals surface area contributed by atoms with Crippen molar-refractivity contribution in [1.82, 2.24) is 25.2 Å². The van der Waals surface area contributed by atoms with Crippen molar-refractivity contribution in [2.75, 3.05) is 57.6 Å². The quantitative estimate of drug-likeness (QED) is 0.254. The van der Waals surface area contributed by atoms with Gasteiger partial charge in [0.05, 0.1) is 24.0 Å². The number of benzene rings is 1. The smallest absolute Gasteiger partial charge is 0.319 e. The minimum atomic E-state index is -2.53. The second-order valence-electron chi connectivity index (χ2n) is 13.0. The van der Waals surface area contributed by atoms with Gasteiger partial charge >= 0.3 is 6.01 Å². The van der Waals surface area contributed by atoms with Crippen LogP contribution < -0.4 is 25.4 Å². The number of pyridine rings is 1. The van der Waals surface area contributed by atoms with Crippen LogP contribution in [0.1, 0.15) is 31.7 Å². The van der Waals surface area contributed by atoms with Crippen molar-refractivity contribution in [1.29, 1.82) is 5.26 Å². The van der Waals surface area contributed by atoms with Crippen LogP contribution in [-0.2, 0) is 0 Å². The van der Waals surface area contributed by atoms with Crippen LogP contribution in [0.2, 0.25) is 0 Å². The van der Waals surface area contributed by atoms with Crippen LogP contribution in [0.3, 0.4) is 0 Å². The van der Waals surface area contributed by atoms with Gasteiger partial charge in [-0.2, -0.15) is 15.2 Å². The summed E-state index contributed by atoms with van der Waals surface area (Å²) >= 11 is 0.894. The molecular formula is C32H34F4N8O2S. The Hall–Kier alpha value is -4.00. The summed E-state index contributed by atoms with van der Waals surface area (Å²) in [6, 6.07) is 4.76. The highest BCUT2D eigenvalue weighted by Gasteiger charge is 2.45. The lowest BCUT2D eigenvalue weighted by atomic mass is 9.73. The summed E-state index contributed by atoms with van der Waals surface area (Å²) in [6.07, 6.45) is -0.262. The molecule has 0 unspecified atom stereocenters. The summed E-state index contributed by atoms with van der Waals surface area (Å²) in [7, 11) is 3.28. The number of thiophene rings is 1. The number of aromatic nitrogens is 3. The van der Waals surface area contributed by atoms with Crippen LogP contribution in [0.25, 0.3) is 32.2 Å². The SMILES string of the molecule is COc1nc(-c2ccc(F)c3sc(N)c(C#N)c23)c(F)c2nc(OC[C@]3(C)CN(C)CC[C@@H]3C(F)F)nc(N3C[C@H]4CC[C@@H](C3)N4)c12. The van der Waals surface area contributed by atoms with Gasteiger partial charge in [-0.05, 0) is 45.0 Å². The first kappa shape index (κ1) is 31.6. The number of hydrogen-bond donors (Lipinski definition) is 2. The number of likely N-dealkylation sites (tertiary alicyclic amines) is 1. The first-order chi connectivity index (χ1) is 22.5. The van der Waals surface area contributed by atoms with Crippen molar-refractivity contribution >= 4 is 43.1 Å². The number of ether oxygens (including phenoxy) is 2. The lowest BCUT2D eigenvalue weighted by Crippen LogP contribution is -2.51. The molecule has 3 aromatic heterocycles. The molecule has 15 heteroatoms. The second-order valence-corrected chi connectivity index (χ2v) is 14.1. The number of methoxy groups -OCH3 is 1. The number of piperazine rings is 1. The van der Waals surface area contributed by atoms with Gasteiger partial charge in [0.2, 0.25) is 12.3 Å². The number of nitrogens with one attached hydrogen (secondary N) is 1. The van der Waals surface area contributed by atoms with Gasteiger partial charge in [0.15, 0.2) is 5.82 Å². The van der Waals surface area contributed by atoms with Gasteiger partial charge in [0.25, 0.3) is 0 Å². The lowest BCUT2D eigenvalue weighted by molar-refractivity contribution is -0.0679. The molecule has 3 aliphatic rings. The molecule has 3 saturated heterocycles. The number of hydrogen-bond acceptors (Lipinski definition) is 11. The van der Waals surface area contributed by atoms with E-state index in [-0.39, 0.29) is 73.4 Å². The third-order valence-corrected chi connectivity index (χ3v) is 10.8. The van der Waals surface area contributed by atoms with Crippen LogP contribution in [-0.4, -0.2) is 85.3 Å². The van der Waals surface area contributed by atoms with Gasteiger partial charge in [-0.25, -0.2) is 22.5 Å². The largest absolute Gasteiger partial charge is 0.480 e. The average Bonchev–Trinajstić information content (AvgIpc) is 3.57. The van der Waals surface area contributed by atoms with Crippen LogP contribution in [0.5, 0.6) is 11.9 Å². The molecule has 10 nitrogen and oxygen atoms in total. The minimum absolute atomic E-state index is 0.0164. The number of nitrogen functional groups attached to an aromatic ring is 1. The van der Waals surface area contributed by atoms with E-state index in [0.717, 1.165) is 24.2 Å². The van der Waals surface area contributed by atoms with Gasteiger partial charge in [-0.15, -0.1) is 11.3 Å². The summed E-state index contributed by atoms with van der Waals surface area (Å²) in [6.45, 7) is 3.75. The molecule has 2 bridgehead atoms. The van der Waals surface area contributed by atoms with Crippen LogP contribution in [0.4, 0.5) is 28.4 Å². The molecule has 248 valence electrons. The molecule has 0 aliphatic carbocycles. The number of nitriles is 1. The van der Waals surface area contributed by atoms with Crippen molar-refractivity contribution in [2.45, 2.75) is 44.7 Å². The van der Waals surface area contributed by atoms with Crippen molar-refractivity contribution < 1.29 is 27.0 Å². The Morgan fingerprint density at radius 2 is 1.89 bits per heavy atom. The Bertz CT molecular complexity index is 1910. The molecule has 3 aliphatic heterocycles.